The molecule has 3 atom stereocenters. The van der Waals surface area contributed by atoms with Crippen LogP contribution in [0.2, 0.25) is 5.02 Å². The quantitative estimate of drug-likeness (QED) is 0.222. The van der Waals surface area contributed by atoms with Gasteiger partial charge in [-0.2, -0.15) is 31.7 Å². The Hall–Kier alpha value is -3.63. The Kier molecular flexibility index (Phi) is 8.81. The van der Waals surface area contributed by atoms with Gasteiger partial charge in [-0.1, -0.05) is 37.6 Å². The fourth-order valence-corrected chi connectivity index (χ4v) is 7.85. The van der Waals surface area contributed by atoms with Gasteiger partial charge in [-0.25, -0.2) is 14.1 Å². The standard InChI is InChI=1S/C29H28ClF3N8O2S2/c1-16(2)25(22-5-3-4-9-34-22)39-45(42,43)38-18-14-23-24(21-8-11-41(37-21)29(32)33)26(19-7-6-17(31)13-20(19)30)36-27(40(23)15-18)28-35-10-12-44-28/h3-13,16,18,25-26,29,38-39H,14-15H2,1-2H3/t18-,25+,26-/m0/s1. The molecule has 0 amide bonds. The number of hydrogen-bond donors (Lipinski definition) is 2. The Labute approximate surface area is 266 Å². The summed E-state index contributed by atoms with van der Waals surface area (Å²) < 4.78 is 74.3. The third kappa shape index (κ3) is 6.53. The number of thiazole rings is 1. The second-order valence-electron chi connectivity index (χ2n) is 10.9. The highest BCUT2D eigenvalue weighted by Crippen LogP contribution is 2.46. The zero-order chi connectivity index (χ0) is 31.9. The molecule has 1 saturated heterocycles. The number of alkyl halides is 2. The van der Waals surface area contributed by atoms with Crippen LogP contribution in [0, 0.1) is 11.7 Å². The highest BCUT2D eigenvalue weighted by atomic mass is 35.5. The first-order chi connectivity index (χ1) is 21.5. The molecule has 1 fully saturated rings. The summed E-state index contributed by atoms with van der Waals surface area (Å²) in [4.78, 5) is 15.6. The molecule has 0 radical (unpaired) electrons. The zero-order valence-electron chi connectivity index (χ0n) is 24.0. The van der Waals surface area contributed by atoms with Crippen molar-refractivity contribution in [1.29, 1.82) is 0 Å². The average Bonchev–Trinajstić information content (AvgIpc) is 3.77. The van der Waals surface area contributed by atoms with Gasteiger partial charge in [0.05, 0.1) is 17.4 Å². The lowest BCUT2D eigenvalue weighted by molar-refractivity contribution is 0.0564. The van der Waals surface area contributed by atoms with Gasteiger partial charge in [0.1, 0.15) is 11.9 Å². The van der Waals surface area contributed by atoms with Crippen LogP contribution in [0.3, 0.4) is 0 Å². The maximum atomic E-state index is 14.1. The molecule has 3 aromatic heterocycles. The molecule has 0 aliphatic carbocycles. The smallest absolute Gasteiger partial charge is 0.326 e. The fourth-order valence-electron chi connectivity index (χ4n) is 5.55. The summed E-state index contributed by atoms with van der Waals surface area (Å²) in [5, 5.41) is 6.56. The summed E-state index contributed by atoms with van der Waals surface area (Å²) in [6.07, 6.45) is 4.56. The van der Waals surface area contributed by atoms with Crippen molar-refractivity contribution < 1.29 is 21.6 Å². The van der Waals surface area contributed by atoms with E-state index in [2.05, 4.69) is 24.5 Å². The largest absolute Gasteiger partial charge is 0.333 e. The van der Waals surface area contributed by atoms with Crippen molar-refractivity contribution in [2.75, 3.05) is 6.54 Å². The Morgan fingerprint density at radius 2 is 1.93 bits per heavy atom. The van der Waals surface area contributed by atoms with Crippen molar-refractivity contribution in [3.05, 3.63) is 105 Å². The van der Waals surface area contributed by atoms with Gasteiger partial charge in [0.2, 0.25) is 0 Å². The summed E-state index contributed by atoms with van der Waals surface area (Å²) in [5.74, 6) is -0.198. The normalized spacial score (nSPS) is 19.4. The number of pyridine rings is 1. The van der Waals surface area contributed by atoms with Crippen LogP contribution in [-0.2, 0) is 10.2 Å². The molecule has 1 aromatic carbocycles. The minimum Gasteiger partial charge on any atom is -0.326 e. The number of nitrogens with zero attached hydrogens (tertiary/aromatic N) is 6. The van der Waals surface area contributed by atoms with E-state index in [1.54, 1.807) is 36.0 Å². The van der Waals surface area contributed by atoms with Crippen molar-refractivity contribution in [3.8, 4) is 0 Å². The molecule has 45 heavy (non-hydrogen) atoms. The summed E-state index contributed by atoms with van der Waals surface area (Å²) in [6.45, 7) is 1.08. The Morgan fingerprint density at radius 1 is 1.11 bits per heavy atom. The minimum atomic E-state index is -4.06. The average molecular weight is 677 g/mol. The number of hydrogen-bond acceptors (Lipinski definition) is 8. The van der Waals surface area contributed by atoms with Crippen molar-refractivity contribution in [1.82, 2.24) is 34.1 Å². The van der Waals surface area contributed by atoms with Crippen LogP contribution in [0.1, 0.15) is 60.9 Å². The van der Waals surface area contributed by atoms with Crippen molar-refractivity contribution in [2.24, 2.45) is 10.9 Å². The van der Waals surface area contributed by atoms with E-state index >= 15 is 0 Å². The lowest BCUT2D eigenvalue weighted by Gasteiger charge is -2.32. The molecule has 2 aliphatic heterocycles. The van der Waals surface area contributed by atoms with Crippen molar-refractivity contribution in [2.45, 2.75) is 44.9 Å². The summed E-state index contributed by atoms with van der Waals surface area (Å²) in [5.41, 5.74) is 2.28. The predicted molar refractivity (Wildman–Crippen MR) is 165 cm³/mol. The second-order valence-corrected chi connectivity index (χ2v) is 13.7. The molecule has 0 saturated carbocycles. The number of fused-ring (bicyclic) bond motifs is 1. The molecule has 6 rings (SSSR count). The van der Waals surface area contributed by atoms with Crippen LogP contribution in [0.4, 0.5) is 13.2 Å². The summed E-state index contributed by atoms with van der Waals surface area (Å²) in [7, 11) is -4.06. The topological polar surface area (TPSA) is 117 Å². The SMILES string of the molecule is CC(C)[C@@H](NS(=O)(=O)N[C@H]1CC2=C(c3ccn(C(F)F)n3)[C@H](c3ccc(F)cc3Cl)N=C(c3nccs3)N2C1)c1ccccn1. The number of rotatable bonds is 10. The summed E-state index contributed by atoms with van der Waals surface area (Å²) in [6, 6.07) is 8.55. The van der Waals surface area contributed by atoms with Crippen LogP contribution in [0.25, 0.3) is 5.57 Å². The molecule has 0 bridgehead atoms. The second kappa shape index (κ2) is 12.6. The first-order valence-corrected chi connectivity index (χ1v) is 16.7. The van der Waals surface area contributed by atoms with E-state index in [9.17, 15) is 21.6 Å². The third-order valence-electron chi connectivity index (χ3n) is 7.50. The summed E-state index contributed by atoms with van der Waals surface area (Å²) >= 11 is 7.85. The molecule has 16 heteroatoms. The molecule has 0 unspecified atom stereocenters. The number of nitrogens with one attached hydrogen (secondary N) is 2. The van der Waals surface area contributed by atoms with Gasteiger partial charge in [-0.05, 0) is 36.2 Å². The Morgan fingerprint density at radius 3 is 2.58 bits per heavy atom. The van der Waals surface area contributed by atoms with Gasteiger partial charge in [0.15, 0.2) is 10.8 Å². The van der Waals surface area contributed by atoms with Crippen LogP contribution in [0.15, 0.2) is 77.1 Å². The predicted octanol–water partition coefficient (Wildman–Crippen LogP) is 5.73. The molecular weight excluding hydrogens is 649 g/mol. The highest BCUT2D eigenvalue weighted by molar-refractivity contribution is 7.87. The minimum absolute atomic E-state index is 0.0933. The van der Waals surface area contributed by atoms with E-state index in [1.807, 2.05) is 18.7 Å². The van der Waals surface area contributed by atoms with Gasteiger partial charge >= 0.3 is 6.55 Å². The van der Waals surface area contributed by atoms with Crippen molar-refractivity contribution >= 4 is 44.6 Å². The number of aliphatic imine (C=N–C) groups is 1. The van der Waals surface area contributed by atoms with Gasteiger partial charge in [0.25, 0.3) is 10.2 Å². The molecule has 4 aromatic rings. The van der Waals surface area contributed by atoms with Gasteiger partial charge < -0.3 is 4.90 Å². The van der Waals surface area contributed by atoms with Gasteiger partial charge in [0, 0.05) is 64.8 Å². The number of aromatic nitrogens is 4. The Balaban J connectivity index is 1.41. The number of halogens is 4. The highest BCUT2D eigenvalue weighted by Gasteiger charge is 2.42. The van der Waals surface area contributed by atoms with Crippen molar-refractivity contribution in [3.63, 3.8) is 0 Å². The molecule has 0 spiro atoms. The lowest BCUT2D eigenvalue weighted by Crippen LogP contribution is -2.46. The van der Waals surface area contributed by atoms with E-state index in [0.717, 1.165) is 12.3 Å². The fraction of sp³-hybridized carbons (Fsp3) is 0.310. The molecule has 10 nitrogen and oxygen atoms in total. The van der Waals surface area contributed by atoms with E-state index in [0.29, 0.717) is 38.1 Å². The van der Waals surface area contributed by atoms with Crippen LogP contribution in [-0.4, -0.2) is 51.5 Å². The first-order valence-electron chi connectivity index (χ1n) is 14.0. The monoisotopic (exact) mass is 676 g/mol. The van der Waals surface area contributed by atoms with E-state index in [1.165, 1.54) is 29.5 Å². The maximum Gasteiger partial charge on any atom is 0.333 e. The number of amidine groups is 1. The van der Waals surface area contributed by atoms with Crippen LogP contribution < -0.4 is 9.44 Å². The first kappa shape index (κ1) is 31.4. The van der Waals surface area contributed by atoms with E-state index < -0.39 is 40.7 Å². The molecule has 236 valence electrons. The maximum absolute atomic E-state index is 14.1. The third-order valence-corrected chi connectivity index (χ3v) is 9.81. The molecule has 2 N–H and O–H groups in total. The van der Waals surface area contributed by atoms with Gasteiger partial charge in [-0.15, -0.1) is 11.3 Å². The number of benzene rings is 1. The van der Waals surface area contributed by atoms with Gasteiger partial charge in [-0.3, -0.25) is 9.98 Å². The molecular formula is C29H28ClF3N8O2S2. The molecule has 5 heterocycles. The van der Waals surface area contributed by atoms with Crippen LogP contribution in [0.5, 0.6) is 0 Å². The lowest BCUT2D eigenvalue weighted by atomic mass is 9.92. The van der Waals surface area contributed by atoms with E-state index in [4.69, 9.17) is 16.6 Å². The van der Waals surface area contributed by atoms with Crippen LogP contribution >= 0.6 is 22.9 Å². The van der Waals surface area contributed by atoms with E-state index in [-0.39, 0.29) is 29.6 Å². The zero-order valence-corrected chi connectivity index (χ0v) is 26.4. The molecule has 2 aliphatic rings. The Bertz CT molecular complexity index is 1850.